The Kier molecular flexibility index (Phi) is 3.44. The highest BCUT2D eigenvalue weighted by Crippen LogP contribution is 2.42. The topological polar surface area (TPSA) is 29.4 Å². The highest BCUT2D eigenvalue weighted by molar-refractivity contribution is 5.49. The third-order valence-electron chi connectivity index (χ3n) is 3.88. The molecule has 0 unspecified atom stereocenters. The molecule has 1 fully saturated rings. The van der Waals surface area contributed by atoms with Crippen LogP contribution in [0.2, 0.25) is 0 Å². The zero-order valence-corrected chi connectivity index (χ0v) is 10.6. The maximum atomic E-state index is 10.1. The third-order valence-corrected chi connectivity index (χ3v) is 3.88. The molecule has 0 amide bonds. The lowest BCUT2D eigenvalue weighted by Crippen LogP contribution is -2.20. The lowest BCUT2D eigenvalue weighted by molar-refractivity contribution is 0.224. The predicted octanol–water partition coefficient (Wildman–Crippen LogP) is 4.34. The SMILES string of the molecule is CC1(C)CCC(c2ccc(N=C=O)cc2)CC1. The van der Waals surface area contributed by atoms with Crippen LogP contribution in [0.4, 0.5) is 5.69 Å². The molecule has 0 bridgehead atoms. The second kappa shape index (κ2) is 4.85. The molecule has 0 aliphatic heterocycles. The van der Waals surface area contributed by atoms with Crippen molar-refractivity contribution in [3.8, 4) is 0 Å². The fraction of sp³-hybridized carbons (Fsp3) is 0.533. The molecule has 0 spiro atoms. The van der Waals surface area contributed by atoms with E-state index in [2.05, 4.69) is 31.0 Å². The summed E-state index contributed by atoms with van der Waals surface area (Å²) in [5.41, 5.74) is 2.59. The molecule has 0 N–H and O–H groups in total. The quantitative estimate of drug-likeness (QED) is 0.548. The van der Waals surface area contributed by atoms with Crippen LogP contribution in [0.3, 0.4) is 0 Å². The van der Waals surface area contributed by atoms with Gasteiger partial charge >= 0.3 is 0 Å². The van der Waals surface area contributed by atoms with Gasteiger partial charge in [-0.05, 0) is 54.7 Å². The van der Waals surface area contributed by atoms with E-state index >= 15 is 0 Å². The fourth-order valence-corrected chi connectivity index (χ4v) is 2.61. The number of rotatable bonds is 2. The van der Waals surface area contributed by atoms with Gasteiger partial charge < -0.3 is 0 Å². The van der Waals surface area contributed by atoms with Crippen LogP contribution in [0.5, 0.6) is 0 Å². The Morgan fingerprint density at radius 3 is 2.29 bits per heavy atom. The van der Waals surface area contributed by atoms with Crippen molar-refractivity contribution >= 4 is 11.8 Å². The van der Waals surface area contributed by atoms with Crippen LogP contribution >= 0.6 is 0 Å². The number of carbonyl (C=O) groups excluding carboxylic acids is 1. The van der Waals surface area contributed by atoms with Gasteiger partial charge in [-0.2, -0.15) is 4.99 Å². The van der Waals surface area contributed by atoms with Crippen LogP contribution in [0.25, 0.3) is 0 Å². The minimum absolute atomic E-state index is 0.512. The molecule has 2 heteroatoms. The summed E-state index contributed by atoms with van der Waals surface area (Å²) in [6.07, 6.45) is 6.70. The Balaban J connectivity index is 2.06. The Labute approximate surface area is 103 Å². The van der Waals surface area contributed by atoms with E-state index in [-0.39, 0.29) is 0 Å². The van der Waals surface area contributed by atoms with Crippen LogP contribution in [-0.2, 0) is 4.79 Å². The summed E-state index contributed by atoms with van der Waals surface area (Å²) in [6.45, 7) is 4.70. The van der Waals surface area contributed by atoms with Gasteiger partial charge in [0.25, 0.3) is 0 Å². The van der Waals surface area contributed by atoms with Crippen molar-refractivity contribution in [2.24, 2.45) is 10.4 Å². The van der Waals surface area contributed by atoms with Gasteiger partial charge in [-0.1, -0.05) is 26.0 Å². The van der Waals surface area contributed by atoms with Crippen molar-refractivity contribution in [3.63, 3.8) is 0 Å². The third kappa shape index (κ3) is 3.04. The van der Waals surface area contributed by atoms with E-state index in [0.717, 1.165) is 0 Å². The molecule has 2 nitrogen and oxygen atoms in total. The standard InChI is InChI=1S/C15H19NO/c1-15(2)9-7-13(8-10-15)12-3-5-14(6-4-12)16-11-17/h3-6,13H,7-10H2,1-2H3. The highest BCUT2D eigenvalue weighted by Gasteiger charge is 2.27. The molecule has 1 aromatic rings. The van der Waals surface area contributed by atoms with E-state index in [1.165, 1.54) is 31.2 Å². The first-order chi connectivity index (χ1) is 8.11. The summed E-state index contributed by atoms with van der Waals surface area (Å²) in [7, 11) is 0. The monoisotopic (exact) mass is 229 g/mol. The maximum absolute atomic E-state index is 10.1. The summed E-state index contributed by atoms with van der Waals surface area (Å²) in [5, 5.41) is 0. The minimum atomic E-state index is 0.512. The molecule has 90 valence electrons. The van der Waals surface area contributed by atoms with Gasteiger partial charge in [-0.25, -0.2) is 4.79 Å². The van der Waals surface area contributed by atoms with Crippen LogP contribution in [0.15, 0.2) is 29.3 Å². The van der Waals surface area contributed by atoms with Crippen LogP contribution in [0, 0.1) is 5.41 Å². The van der Waals surface area contributed by atoms with Gasteiger partial charge in [0.05, 0.1) is 5.69 Å². The van der Waals surface area contributed by atoms with Crippen LogP contribution < -0.4 is 0 Å². The molecule has 0 heterocycles. The summed E-state index contributed by atoms with van der Waals surface area (Å²) in [5.74, 6) is 0.678. The fourth-order valence-electron chi connectivity index (χ4n) is 2.61. The first-order valence-electron chi connectivity index (χ1n) is 6.28. The van der Waals surface area contributed by atoms with Crippen LogP contribution in [0.1, 0.15) is 51.0 Å². The van der Waals surface area contributed by atoms with E-state index < -0.39 is 0 Å². The summed E-state index contributed by atoms with van der Waals surface area (Å²) in [6, 6.07) is 8.00. The zero-order chi connectivity index (χ0) is 12.3. The molecule has 1 saturated carbocycles. The Bertz CT molecular complexity index is 417. The molecule has 1 aromatic carbocycles. The Morgan fingerprint density at radius 2 is 1.76 bits per heavy atom. The first kappa shape index (κ1) is 12.1. The van der Waals surface area contributed by atoms with Crippen molar-refractivity contribution in [2.45, 2.75) is 45.4 Å². The van der Waals surface area contributed by atoms with E-state index in [9.17, 15) is 4.79 Å². The lowest BCUT2D eigenvalue weighted by Gasteiger charge is -2.34. The second-order valence-corrected chi connectivity index (χ2v) is 5.73. The second-order valence-electron chi connectivity index (χ2n) is 5.73. The smallest absolute Gasteiger partial charge is 0.211 e. The summed E-state index contributed by atoms with van der Waals surface area (Å²) < 4.78 is 0. The van der Waals surface area contributed by atoms with Crippen molar-refractivity contribution in [1.29, 1.82) is 0 Å². The number of nitrogens with zero attached hydrogens (tertiary/aromatic N) is 1. The number of benzene rings is 1. The van der Waals surface area contributed by atoms with Gasteiger partial charge in [-0.3, -0.25) is 0 Å². The van der Waals surface area contributed by atoms with Gasteiger partial charge in [0.15, 0.2) is 0 Å². The van der Waals surface area contributed by atoms with Crippen LogP contribution in [-0.4, -0.2) is 6.08 Å². The van der Waals surface area contributed by atoms with Gasteiger partial charge in [0.1, 0.15) is 0 Å². The summed E-state index contributed by atoms with van der Waals surface area (Å²) in [4.78, 5) is 13.8. The lowest BCUT2D eigenvalue weighted by atomic mass is 9.71. The van der Waals surface area contributed by atoms with E-state index in [1.54, 1.807) is 6.08 Å². The highest BCUT2D eigenvalue weighted by atomic mass is 16.1. The number of hydrogen-bond acceptors (Lipinski definition) is 2. The van der Waals surface area contributed by atoms with Gasteiger partial charge in [0, 0.05) is 0 Å². The molecule has 0 atom stereocenters. The molecule has 0 radical (unpaired) electrons. The number of aliphatic imine (C=N–C) groups is 1. The van der Waals surface area contributed by atoms with Crippen molar-refractivity contribution in [3.05, 3.63) is 29.8 Å². The normalized spacial score (nSPS) is 19.6. The summed E-state index contributed by atoms with van der Waals surface area (Å²) >= 11 is 0. The van der Waals surface area contributed by atoms with E-state index in [0.29, 0.717) is 17.0 Å². The molecule has 1 aliphatic rings. The maximum Gasteiger partial charge on any atom is 0.240 e. The molecule has 0 saturated heterocycles. The average Bonchev–Trinajstić information content (AvgIpc) is 2.31. The largest absolute Gasteiger partial charge is 0.240 e. The zero-order valence-electron chi connectivity index (χ0n) is 10.6. The van der Waals surface area contributed by atoms with Crippen molar-refractivity contribution in [1.82, 2.24) is 0 Å². The molecule has 2 rings (SSSR count). The van der Waals surface area contributed by atoms with Gasteiger partial charge in [0.2, 0.25) is 6.08 Å². The minimum Gasteiger partial charge on any atom is -0.211 e. The average molecular weight is 229 g/mol. The van der Waals surface area contributed by atoms with E-state index in [1.807, 2.05) is 12.1 Å². The number of hydrogen-bond donors (Lipinski definition) is 0. The first-order valence-corrected chi connectivity index (χ1v) is 6.28. The predicted molar refractivity (Wildman–Crippen MR) is 69.2 cm³/mol. The Hall–Kier alpha value is -1.40. The molecule has 0 aromatic heterocycles. The van der Waals surface area contributed by atoms with Gasteiger partial charge in [-0.15, -0.1) is 0 Å². The molecular weight excluding hydrogens is 210 g/mol. The molecule has 1 aliphatic carbocycles. The van der Waals surface area contributed by atoms with Crippen molar-refractivity contribution in [2.75, 3.05) is 0 Å². The van der Waals surface area contributed by atoms with Crippen molar-refractivity contribution < 1.29 is 4.79 Å². The van der Waals surface area contributed by atoms with E-state index in [4.69, 9.17) is 0 Å². The molecular formula is C15H19NO. The molecule has 17 heavy (non-hydrogen) atoms. The Morgan fingerprint density at radius 1 is 1.18 bits per heavy atom. The number of isocyanates is 1.